The number of nitrogens with two attached hydrogens (primary N) is 1. The van der Waals surface area contributed by atoms with Crippen molar-refractivity contribution in [3.8, 4) is 0 Å². The van der Waals surface area contributed by atoms with Gasteiger partial charge in [0.25, 0.3) is 5.91 Å². The predicted molar refractivity (Wildman–Crippen MR) is 69.0 cm³/mol. The standard InChI is InChI=1S/C11H18N4O3S/c1-3-4-7-5-8(7)13-11(16)9-10(19(12,17)18)6(2)14-15-9/h7-8H,3-5H2,1-2H3,(H,13,16)(H,14,15)(H2,12,17,18). The van der Waals surface area contributed by atoms with E-state index in [1.807, 2.05) is 0 Å². The van der Waals surface area contributed by atoms with E-state index < -0.39 is 15.9 Å². The summed E-state index contributed by atoms with van der Waals surface area (Å²) >= 11 is 0. The molecule has 0 bridgehead atoms. The molecular weight excluding hydrogens is 268 g/mol. The number of nitrogens with one attached hydrogen (secondary N) is 2. The zero-order valence-electron chi connectivity index (χ0n) is 10.9. The number of aryl methyl sites for hydroxylation is 1. The van der Waals surface area contributed by atoms with E-state index >= 15 is 0 Å². The number of aromatic amines is 1. The summed E-state index contributed by atoms with van der Waals surface area (Å²) in [6.45, 7) is 3.61. The maximum Gasteiger partial charge on any atom is 0.273 e. The van der Waals surface area contributed by atoms with Crippen LogP contribution in [0.3, 0.4) is 0 Å². The third-order valence-electron chi connectivity index (χ3n) is 3.29. The molecule has 0 radical (unpaired) electrons. The summed E-state index contributed by atoms with van der Waals surface area (Å²) in [7, 11) is -3.96. The number of sulfonamides is 1. The van der Waals surface area contributed by atoms with E-state index in [2.05, 4.69) is 22.4 Å². The summed E-state index contributed by atoms with van der Waals surface area (Å²) in [5, 5.41) is 14.1. The van der Waals surface area contributed by atoms with Gasteiger partial charge in [-0.2, -0.15) is 5.10 Å². The molecule has 1 saturated carbocycles. The number of carbonyl (C=O) groups is 1. The Labute approximate surface area is 112 Å². The molecule has 2 rings (SSSR count). The van der Waals surface area contributed by atoms with E-state index in [-0.39, 0.29) is 22.3 Å². The minimum Gasteiger partial charge on any atom is -0.348 e. The second-order valence-corrected chi connectivity index (χ2v) is 6.43. The lowest BCUT2D eigenvalue weighted by molar-refractivity contribution is 0.0940. The van der Waals surface area contributed by atoms with Crippen molar-refractivity contribution >= 4 is 15.9 Å². The Morgan fingerprint density at radius 3 is 2.84 bits per heavy atom. The van der Waals surface area contributed by atoms with Crippen molar-refractivity contribution in [3.05, 3.63) is 11.4 Å². The van der Waals surface area contributed by atoms with Gasteiger partial charge in [0.15, 0.2) is 5.69 Å². The van der Waals surface area contributed by atoms with Gasteiger partial charge in [0, 0.05) is 6.04 Å². The van der Waals surface area contributed by atoms with Gasteiger partial charge in [-0.1, -0.05) is 13.3 Å². The van der Waals surface area contributed by atoms with Crippen molar-refractivity contribution in [3.63, 3.8) is 0 Å². The van der Waals surface area contributed by atoms with Crippen LogP contribution >= 0.6 is 0 Å². The van der Waals surface area contributed by atoms with Crippen LogP contribution in [0.1, 0.15) is 42.4 Å². The second kappa shape index (κ2) is 4.93. The van der Waals surface area contributed by atoms with Crippen LogP contribution in [0.15, 0.2) is 4.90 Å². The third kappa shape index (κ3) is 2.95. The first-order valence-electron chi connectivity index (χ1n) is 6.23. The maximum atomic E-state index is 12.0. The Hall–Kier alpha value is -1.41. The van der Waals surface area contributed by atoms with Crippen molar-refractivity contribution in [2.75, 3.05) is 0 Å². The minimum absolute atomic E-state index is 0.123. The van der Waals surface area contributed by atoms with Gasteiger partial charge in [-0.05, 0) is 25.7 Å². The number of H-pyrrole nitrogens is 1. The quantitative estimate of drug-likeness (QED) is 0.720. The van der Waals surface area contributed by atoms with E-state index in [4.69, 9.17) is 5.14 Å². The predicted octanol–water partition coefficient (Wildman–Crippen LogP) is 0.284. The normalized spacial score (nSPS) is 22.3. The Kier molecular flexibility index (Phi) is 3.64. The Balaban J connectivity index is 2.13. The minimum atomic E-state index is -3.96. The van der Waals surface area contributed by atoms with Gasteiger partial charge in [-0.3, -0.25) is 9.89 Å². The average Bonchev–Trinajstić information content (AvgIpc) is 2.87. The van der Waals surface area contributed by atoms with Crippen LogP contribution < -0.4 is 10.5 Å². The van der Waals surface area contributed by atoms with Gasteiger partial charge in [-0.15, -0.1) is 0 Å². The van der Waals surface area contributed by atoms with E-state index in [1.54, 1.807) is 0 Å². The molecule has 1 amide bonds. The summed E-state index contributed by atoms with van der Waals surface area (Å²) in [6.07, 6.45) is 3.07. The molecule has 0 spiro atoms. The molecule has 1 aliphatic carbocycles. The van der Waals surface area contributed by atoms with E-state index in [0.29, 0.717) is 5.92 Å². The highest BCUT2D eigenvalue weighted by atomic mass is 32.2. The van der Waals surface area contributed by atoms with Crippen LogP contribution in [0.2, 0.25) is 0 Å². The van der Waals surface area contributed by atoms with Crippen LogP contribution in [0.4, 0.5) is 0 Å². The maximum absolute atomic E-state index is 12.0. The lowest BCUT2D eigenvalue weighted by Gasteiger charge is -2.04. The summed E-state index contributed by atoms with van der Waals surface area (Å²) < 4.78 is 22.9. The molecule has 19 heavy (non-hydrogen) atoms. The fourth-order valence-electron chi connectivity index (χ4n) is 2.27. The van der Waals surface area contributed by atoms with Crippen molar-refractivity contribution in [1.29, 1.82) is 0 Å². The zero-order valence-corrected chi connectivity index (χ0v) is 11.8. The largest absolute Gasteiger partial charge is 0.348 e. The molecule has 2 unspecified atom stereocenters. The number of nitrogens with zero attached hydrogens (tertiary/aromatic N) is 1. The Morgan fingerprint density at radius 1 is 1.58 bits per heavy atom. The number of hydrogen-bond acceptors (Lipinski definition) is 4. The van der Waals surface area contributed by atoms with Crippen LogP contribution in [0, 0.1) is 12.8 Å². The first kappa shape index (κ1) is 14.0. The van der Waals surface area contributed by atoms with Crippen LogP contribution in [-0.4, -0.2) is 30.6 Å². The van der Waals surface area contributed by atoms with Gasteiger partial charge in [-0.25, -0.2) is 13.6 Å². The van der Waals surface area contributed by atoms with Gasteiger partial charge >= 0.3 is 0 Å². The Morgan fingerprint density at radius 2 is 2.26 bits per heavy atom. The van der Waals surface area contributed by atoms with Crippen LogP contribution in [-0.2, 0) is 10.0 Å². The first-order valence-corrected chi connectivity index (χ1v) is 7.77. The number of aromatic nitrogens is 2. The third-order valence-corrected chi connectivity index (χ3v) is 4.36. The fraction of sp³-hybridized carbons (Fsp3) is 0.636. The SMILES string of the molecule is CCCC1CC1NC(=O)c1n[nH]c(C)c1S(N)(=O)=O. The smallest absolute Gasteiger partial charge is 0.273 e. The summed E-state index contributed by atoms with van der Waals surface area (Å²) in [6, 6.07) is 0.123. The van der Waals surface area contributed by atoms with Crippen molar-refractivity contribution in [1.82, 2.24) is 15.5 Å². The highest BCUT2D eigenvalue weighted by molar-refractivity contribution is 7.89. The highest BCUT2D eigenvalue weighted by Crippen LogP contribution is 2.34. The number of hydrogen-bond donors (Lipinski definition) is 3. The van der Waals surface area contributed by atoms with Crippen LogP contribution in [0.25, 0.3) is 0 Å². The lowest BCUT2D eigenvalue weighted by Crippen LogP contribution is -2.29. The van der Waals surface area contributed by atoms with Gasteiger partial charge in [0.1, 0.15) is 4.90 Å². The molecular formula is C11H18N4O3S. The molecule has 0 aliphatic heterocycles. The van der Waals surface area contributed by atoms with Crippen molar-refractivity contribution in [2.24, 2.45) is 11.1 Å². The molecule has 1 aliphatic rings. The molecule has 1 aromatic heterocycles. The monoisotopic (exact) mass is 286 g/mol. The molecule has 2 atom stereocenters. The number of rotatable bonds is 5. The van der Waals surface area contributed by atoms with Gasteiger partial charge < -0.3 is 5.32 Å². The van der Waals surface area contributed by atoms with Gasteiger partial charge in [0.05, 0.1) is 5.69 Å². The second-order valence-electron chi connectivity index (χ2n) is 4.94. The lowest BCUT2D eigenvalue weighted by atomic mass is 10.2. The molecule has 1 heterocycles. The number of amides is 1. The molecule has 1 aromatic rings. The highest BCUT2D eigenvalue weighted by Gasteiger charge is 2.38. The van der Waals surface area contributed by atoms with Crippen molar-refractivity contribution in [2.45, 2.75) is 44.0 Å². The molecule has 4 N–H and O–H groups in total. The number of carbonyl (C=O) groups excluding carboxylic acids is 1. The summed E-state index contributed by atoms with van der Waals surface area (Å²) in [5.41, 5.74) is 0.121. The van der Waals surface area contributed by atoms with E-state index in [1.165, 1.54) is 6.92 Å². The first-order chi connectivity index (χ1) is 8.84. The molecule has 0 saturated heterocycles. The zero-order chi connectivity index (χ0) is 14.2. The van der Waals surface area contributed by atoms with E-state index in [9.17, 15) is 13.2 Å². The molecule has 7 nitrogen and oxygen atoms in total. The average molecular weight is 286 g/mol. The fourth-order valence-corrected chi connectivity index (χ4v) is 3.15. The number of primary sulfonamides is 1. The Bertz CT molecular complexity index is 593. The van der Waals surface area contributed by atoms with E-state index in [0.717, 1.165) is 19.3 Å². The van der Waals surface area contributed by atoms with Crippen LogP contribution in [0.5, 0.6) is 0 Å². The summed E-state index contributed by atoms with van der Waals surface area (Å²) in [4.78, 5) is 11.8. The molecule has 0 aromatic carbocycles. The molecule has 1 fully saturated rings. The van der Waals surface area contributed by atoms with Crippen molar-refractivity contribution < 1.29 is 13.2 Å². The summed E-state index contributed by atoms with van der Waals surface area (Å²) in [5.74, 6) is 0.00361. The topological polar surface area (TPSA) is 118 Å². The molecule has 8 heteroatoms. The molecule has 106 valence electrons. The van der Waals surface area contributed by atoms with Gasteiger partial charge in [0.2, 0.25) is 10.0 Å².